The number of hydrogen-bond donors (Lipinski definition) is 2. The molecule has 0 radical (unpaired) electrons. The van der Waals surface area contributed by atoms with Gasteiger partial charge < -0.3 is 29.4 Å². The van der Waals surface area contributed by atoms with Gasteiger partial charge in [-0.1, -0.05) is 29.8 Å². The van der Waals surface area contributed by atoms with Crippen LogP contribution in [0.25, 0.3) is 11.3 Å². The van der Waals surface area contributed by atoms with E-state index in [4.69, 9.17) is 25.6 Å². The highest BCUT2D eigenvalue weighted by Gasteiger charge is 2.52. The summed E-state index contributed by atoms with van der Waals surface area (Å²) in [5.74, 6) is 0.236. The van der Waals surface area contributed by atoms with E-state index in [0.29, 0.717) is 46.0 Å². The highest BCUT2D eigenvalue weighted by molar-refractivity contribution is 6.66. The third-order valence-electron chi connectivity index (χ3n) is 7.10. The normalized spacial score (nSPS) is 20.3. The van der Waals surface area contributed by atoms with Crippen LogP contribution >= 0.6 is 11.6 Å². The summed E-state index contributed by atoms with van der Waals surface area (Å²) in [6.07, 6.45) is -0.0710. The highest BCUT2D eigenvalue weighted by Crippen LogP contribution is 2.38. The number of hydrogen-bond acceptors (Lipinski definition) is 6. The summed E-state index contributed by atoms with van der Waals surface area (Å²) in [6, 6.07) is 8.94. The van der Waals surface area contributed by atoms with Crippen LogP contribution in [0, 0.1) is 0 Å². The van der Waals surface area contributed by atoms with Crippen LogP contribution in [0.15, 0.2) is 30.3 Å². The topological polar surface area (TPSA) is 110 Å². The summed E-state index contributed by atoms with van der Waals surface area (Å²) in [7, 11) is 0.865. The molecule has 36 heavy (non-hydrogen) atoms. The Morgan fingerprint density at radius 3 is 2.53 bits per heavy atom. The van der Waals surface area contributed by atoms with Gasteiger partial charge in [0.1, 0.15) is 0 Å². The maximum Gasteiger partial charge on any atom is 0.496 e. The molecule has 11 heteroatoms. The Morgan fingerprint density at radius 2 is 1.94 bits per heavy atom. The van der Waals surface area contributed by atoms with E-state index in [1.807, 2.05) is 45.9 Å². The number of nitrogens with zero attached hydrogens (tertiary/aromatic N) is 2. The minimum atomic E-state index is -1.08. The van der Waals surface area contributed by atoms with E-state index >= 15 is 0 Å². The molecule has 1 aromatic carbocycles. The molecule has 2 aliphatic heterocycles. The minimum Gasteiger partial charge on any atom is -0.481 e. The first-order valence-corrected chi connectivity index (χ1v) is 12.2. The second-order valence-electron chi connectivity index (χ2n) is 10.1. The Morgan fingerprint density at radius 1 is 1.25 bits per heavy atom. The molecule has 0 bridgehead atoms. The van der Waals surface area contributed by atoms with Crippen molar-refractivity contribution in [3.05, 3.63) is 40.9 Å². The Kier molecular flexibility index (Phi) is 7.23. The van der Waals surface area contributed by atoms with Gasteiger partial charge >= 0.3 is 13.2 Å². The van der Waals surface area contributed by atoms with Gasteiger partial charge in [-0.15, -0.1) is 0 Å². The van der Waals surface area contributed by atoms with Crippen LogP contribution in [0.2, 0.25) is 5.02 Å². The van der Waals surface area contributed by atoms with E-state index in [2.05, 4.69) is 10.3 Å². The molecule has 2 aromatic rings. The largest absolute Gasteiger partial charge is 0.496 e. The Bertz CT molecular complexity index is 1160. The quantitative estimate of drug-likeness (QED) is 0.543. The number of methoxy groups -OCH3 is 1. The van der Waals surface area contributed by atoms with Crippen molar-refractivity contribution in [3.8, 4) is 17.1 Å². The van der Waals surface area contributed by atoms with E-state index in [0.717, 1.165) is 0 Å². The molecule has 2 fully saturated rings. The van der Waals surface area contributed by atoms with Crippen molar-refractivity contribution in [2.45, 2.75) is 64.3 Å². The standard InChI is InChI=1S/C25H31BClN3O6/c1-24(2)25(3,4)36-26(35-24)18-8-6-7-17(21(18)27)19-11-9-15(22(29-19)34-5)13-30(23(32)33)14-16-10-12-20(31)28-16/h6-9,11,16H,10,12-14H2,1-5H3,(H,28,31)(H,32,33). The average molecular weight is 516 g/mol. The number of carbonyl (C=O) groups excluding carboxylic acids is 1. The number of amides is 2. The predicted octanol–water partition coefficient (Wildman–Crippen LogP) is 3.47. The maximum atomic E-state index is 11.9. The Balaban J connectivity index is 1.59. The van der Waals surface area contributed by atoms with Crippen molar-refractivity contribution in [3.63, 3.8) is 0 Å². The third-order valence-corrected chi connectivity index (χ3v) is 7.52. The van der Waals surface area contributed by atoms with Crippen molar-refractivity contribution in [1.29, 1.82) is 0 Å². The van der Waals surface area contributed by atoms with Crippen LogP contribution in [0.5, 0.6) is 5.88 Å². The molecule has 2 aliphatic rings. The highest BCUT2D eigenvalue weighted by atomic mass is 35.5. The maximum absolute atomic E-state index is 11.9. The van der Waals surface area contributed by atoms with Gasteiger partial charge in [-0.05, 0) is 46.2 Å². The van der Waals surface area contributed by atoms with Gasteiger partial charge in [0.15, 0.2) is 0 Å². The first-order valence-electron chi connectivity index (χ1n) is 11.9. The summed E-state index contributed by atoms with van der Waals surface area (Å²) < 4.78 is 17.9. The lowest BCUT2D eigenvalue weighted by Crippen LogP contribution is -2.41. The van der Waals surface area contributed by atoms with E-state index in [1.54, 1.807) is 12.1 Å². The predicted molar refractivity (Wildman–Crippen MR) is 137 cm³/mol. The van der Waals surface area contributed by atoms with E-state index in [-0.39, 0.29) is 25.0 Å². The lowest BCUT2D eigenvalue weighted by molar-refractivity contribution is -0.119. The zero-order chi connectivity index (χ0) is 26.3. The number of benzene rings is 1. The van der Waals surface area contributed by atoms with Crippen LogP contribution in [0.3, 0.4) is 0 Å². The number of carbonyl (C=O) groups is 2. The number of ether oxygens (including phenoxy) is 1. The van der Waals surface area contributed by atoms with E-state index < -0.39 is 24.4 Å². The molecule has 192 valence electrons. The number of nitrogens with one attached hydrogen (secondary N) is 1. The zero-order valence-corrected chi connectivity index (χ0v) is 21.9. The van der Waals surface area contributed by atoms with Crippen LogP contribution in [0.1, 0.15) is 46.1 Å². The van der Waals surface area contributed by atoms with Crippen molar-refractivity contribution in [1.82, 2.24) is 15.2 Å². The third kappa shape index (κ3) is 5.16. The molecular formula is C25H31BClN3O6. The van der Waals surface area contributed by atoms with Crippen LogP contribution in [-0.2, 0) is 20.6 Å². The summed E-state index contributed by atoms with van der Waals surface area (Å²) >= 11 is 6.82. The molecule has 2 amide bonds. The van der Waals surface area contributed by atoms with E-state index in [9.17, 15) is 14.7 Å². The molecule has 1 unspecified atom stereocenters. The lowest BCUT2D eigenvalue weighted by Gasteiger charge is -2.32. The Labute approximate surface area is 216 Å². The molecule has 2 saturated heterocycles. The first-order chi connectivity index (χ1) is 16.9. The van der Waals surface area contributed by atoms with Gasteiger partial charge in [-0.25, -0.2) is 9.78 Å². The molecule has 4 rings (SSSR count). The summed E-state index contributed by atoms with van der Waals surface area (Å²) in [5.41, 5.74) is 1.55. The molecule has 2 N–H and O–H groups in total. The SMILES string of the molecule is COc1nc(-c2cccc(B3OC(C)(C)C(C)(C)O3)c2Cl)ccc1CN(CC1CCC(=O)N1)C(=O)O. The smallest absolute Gasteiger partial charge is 0.481 e. The molecule has 0 aliphatic carbocycles. The first kappa shape index (κ1) is 26.3. The van der Waals surface area contributed by atoms with Gasteiger partial charge in [0.2, 0.25) is 11.8 Å². The molecular weight excluding hydrogens is 485 g/mol. The molecule has 9 nitrogen and oxygen atoms in total. The van der Waals surface area contributed by atoms with Gasteiger partial charge in [0.05, 0.1) is 30.6 Å². The minimum absolute atomic E-state index is 0.0615. The van der Waals surface area contributed by atoms with Gasteiger partial charge in [-0.2, -0.15) is 0 Å². The Hall–Kier alpha value is -2.82. The van der Waals surface area contributed by atoms with Crippen LogP contribution in [-0.4, -0.2) is 65.0 Å². The molecule has 3 heterocycles. The molecule has 0 spiro atoms. The average Bonchev–Trinajstić information content (AvgIpc) is 3.31. The van der Waals surface area contributed by atoms with Gasteiger partial charge in [0, 0.05) is 40.6 Å². The lowest BCUT2D eigenvalue weighted by atomic mass is 9.78. The van der Waals surface area contributed by atoms with Crippen LogP contribution in [0.4, 0.5) is 4.79 Å². The van der Waals surface area contributed by atoms with Crippen molar-refractivity contribution in [2.24, 2.45) is 0 Å². The summed E-state index contributed by atoms with van der Waals surface area (Å²) in [5, 5.41) is 13.0. The molecule has 1 atom stereocenters. The zero-order valence-electron chi connectivity index (χ0n) is 21.1. The number of carboxylic acid groups (broad SMARTS) is 1. The monoisotopic (exact) mass is 515 g/mol. The van der Waals surface area contributed by atoms with Crippen LogP contribution < -0.4 is 15.5 Å². The fourth-order valence-electron chi connectivity index (χ4n) is 4.31. The second kappa shape index (κ2) is 9.92. The number of pyridine rings is 1. The van der Waals surface area contributed by atoms with E-state index in [1.165, 1.54) is 12.0 Å². The van der Waals surface area contributed by atoms with Crippen molar-refractivity contribution in [2.75, 3.05) is 13.7 Å². The van der Waals surface area contributed by atoms with Crippen molar-refractivity contribution >= 4 is 36.2 Å². The fourth-order valence-corrected chi connectivity index (χ4v) is 4.62. The fraction of sp³-hybridized carbons (Fsp3) is 0.480. The molecule has 1 aromatic heterocycles. The molecule has 0 saturated carbocycles. The van der Waals surface area contributed by atoms with Gasteiger partial charge in [0.25, 0.3) is 0 Å². The van der Waals surface area contributed by atoms with Gasteiger partial charge in [-0.3, -0.25) is 4.79 Å². The second-order valence-corrected chi connectivity index (χ2v) is 10.5. The number of rotatable bonds is 7. The number of aromatic nitrogens is 1. The summed E-state index contributed by atoms with van der Waals surface area (Å²) in [4.78, 5) is 29.2. The van der Waals surface area contributed by atoms with Crippen molar-refractivity contribution < 1.29 is 28.7 Å². The summed E-state index contributed by atoms with van der Waals surface area (Å²) in [6.45, 7) is 8.19. The number of halogens is 1.